The number of fused-ring (bicyclic) bond motifs is 3. The van der Waals surface area contributed by atoms with E-state index in [4.69, 9.17) is 19.5 Å². The zero-order valence-corrected chi connectivity index (χ0v) is 19.0. The molecule has 2 aliphatic heterocycles. The van der Waals surface area contributed by atoms with Crippen LogP contribution < -0.4 is 9.47 Å². The van der Waals surface area contributed by atoms with Gasteiger partial charge in [-0.1, -0.05) is 36.4 Å². The van der Waals surface area contributed by atoms with Gasteiger partial charge in [0.25, 0.3) is 0 Å². The largest absolute Gasteiger partial charge is 0.454 e. The highest BCUT2D eigenvalue weighted by atomic mass is 32.2. The number of aromatic nitrogens is 1. The van der Waals surface area contributed by atoms with E-state index < -0.39 is 0 Å². The van der Waals surface area contributed by atoms with Crippen LogP contribution in [0.4, 0.5) is 0 Å². The fourth-order valence-corrected chi connectivity index (χ4v) is 5.69. The van der Waals surface area contributed by atoms with E-state index in [1.165, 1.54) is 16.0 Å². The first-order valence-electron chi connectivity index (χ1n) is 10.6. The van der Waals surface area contributed by atoms with Gasteiger partial charge in [-0.3, -0.25) is 4.99 Å². The standard InChI is InChI=1S/C25H21N3O2S2/c1-2-5-17(6-3-1)8-9-26-25-28(15-20-7-4-10-31-20)14-19-11-18-12-22-23(30-16-29-22)13-21(18)27-24(19)32-25/h1-7,10-13H,8-9,14-16H2. The van der Waals surface area contributed by atoms with Crippen LogP contribution in [0.1, 0.15) is 16.0 Å². The van der Waals surface area contributed by atoms with Gasteiger partial charge in [-0.15, -0.1) is 11.3 Å². The van der Waals surface area contributed by atoms with E-state index in [-0.39, 0.29) is 6.79 Å². The SMILES string of the molecule is c1ccc(CCN=C2Sc3nc4cc5c(cc4cc3CN2Cc2cccs2)OCO5)cc1. The Kier molecular flexibility index (Phi) is 5.21. The molecule has 4 heterocycles. The first kappa shape index (κ1) is 19.6. The summed E-state index contributed by atoms with van der Waals surface area (Å²) in [6, 6.07) is 21.1. The summed E-state index contributed by atoms with van der Waals surface area (Å²) in [5.74, 6) is 1.56. The zero-order valence-electron chi connectivity index (χ0n) is 17.4. The van der Waals surface area contributed by atoms with Crippen LogP contribution in [0.25, 0.3) is 10.9 Å². The Morgan fingerprint density at radius 1 is 1.00 bits per heavy atom. The van der Waals surface area contributed by atoms with Gasteiger partial charge in [0.15, 0.2) is 16.7 Å². The molecule has 0 spiro atoms. The van der Waals surface area contributed by atoms with Gasteiger partial charge in [0.05, 0.1) is 12.1 Å². The molecule has 7 heteroatoms. The molecular weight excluding hydrogens is 438 g/mol. The van der Waals surface area contributed by atoms with E-state index >= 15 is 0 Å². The number of amidine groups is 1. The predicted molar refractivity (Wildman–Crippen MR) is 130 cm³/mol. The number of nitrogens with zero attached hydrogens (tertiary/aromatic N) is 3. The molecule has 0 fully saturated rings. The third-order valence-electron chi connectivity index (χ3n) is 5.59. The molecule has 0 aliphatic carbocycles. The van der Waals surface area contributed by atoms with Crippen molar-refractivity contribution in [3.63, 3.8) is 0 Å². The van der Waals surface area contributed by atoms with E-state index in [1.54, 1.807) is 23.1 Å². The lowest BCUT2D eigenvalue weighted by Crippen LogP contribution is -2.31. The number of hydrogen-bond acceptors (Lipinski definition) is 6. The van der Waals surface area contributed by atoms with Crippen LogP contribution >= 0.6 is 23.1 Å². The van der Waals surface area contributed by atoms with Gasteiger partial charge in [0, 0.05) is 35.0 Å². The van der Waals surface area contributed by atoms with Crippen LogP contribution in [-0.4, -0.2) is 28.4 Å². The van der Waals surface area contributed by atoms with Crippen LogP contribution in [0.3, 0.4) is 0 Å². The molecule has 0 amide bonds. The first-order valence-corrected chi connectivity index (χ1v) is 12.3. The summed E-state index contributed by atoms with van der Waals surface area (Å²) in [6.45, 7) is 2.68. The van der Waals surface area contributed by atoms with Crippen LogP contribution in [0.2, 0.25) is 0 Å². The Balaban J connectivity index is 1.32. The third kappa shape index (κ3) is 3.94. The van der Waals surface area contributed by atoms with Gasteiger partial charge in [-0.25, -0.2) is 4.98 Å². The second-order valence-electron chi connectivity index (χ2n) is 7.79. The summed E-state index contributed by atoms with van der Waals surface area (Å²) in [5.41, 5.74) is 3.46. The van der Waals surface area contributed by atoms with E-state index in [2.05, 4.69) is 58.8 Å². The molecule has 2 aromatic heterocycles. The molecule has 32 heavy (non-hydrogen) atoms. The average molecular weight is 460 g/mol. The summed E-state index contributed by atoms with van der Waals surface area (Å²) in [6.07, 6.45) is 0.930. The van der Waals surface area contributed by atoms with E-state index in [1.807, 2.05) is 12.1 Å². The van der Waals surface area contributed by atoms with Crippen LogP contribution in [0, 0.1) is 0 Å². The maximum absolute atomic E-state index is 5.56. The van der Waals surface area contributed by atoms with Crippen LogP contribution in [-0.2, 0) is 19.5 Å². The third-order valence-corrected chi connectivity index (χ3v) is 7.56. The summed E-state index contributed by atoms with van der Waals surface area (Å²) >= 11 is 3.45. The van der Waals surface area contributed by atoms with Crippen molar-refractivity contribution in [1.29, 1.82) is 0 Å². The molecule has 0 N–H and O–H groups in total. The molecule has 4 aromatic rings. The maximum Gasteiger partial charge on any atom is 0.231 e. The van der Waals surface area contributed by atoms with Crippen molar-refractivity contribution in [2.24, 2.45) is 4.99 Å². The lowest BCUT2D eigenvalue weighted by atomic mass is 10.1. The molecule has 0 atom stereocenters. The lowest BCUT2D eigenvalue weighted by Gasteiger charge is -2.30. The number of pyridine rings is 1. The number of aliphatic imine (C=N–C) groups is 1. The molecule has 5 nitrogen and oxygen atoms in total. The van der Waals surface area contributed by atoms with Crippen LogP contribution in [0.15, 0.2) is 76.1 Å². The Morgan fingerprint density at radius 2 is 1.88 bits per heavy atom. The number of ether oxygens (including phenoxy) is 2. The fourth-order valence-electron chi connectivity index (χ4n) is 3.99. The monoisotopic (exact) mass is 459 g/mol. The smallest absolute Gasteiger partial charge is 0.231 e. The molecule has 160 valence electrons. The minimum atomic E-state index is 0.271. The van der Waals surface area contributed by atoms with Crippen molar-refractivity contribution in [3.05, 3.63) is 82.0 Å². The van der Waals surface area contributed by atoms with Crippen molar-refractivity contribution >= 4 is 39.2 Å². The molecular formula is C25H21N3O2S2. The van der Waals surface area contributed by atoms with Gasteiger partial charge in [-0.05, 0) is 47.3 Å². The van der Waals surface area contributed by atoms with Gasteiger partial charge >= 0.3 is 0 Å². The number of thioether (sulfide) groups is 1. The topological polar surface area (TPSA) is 47.0 Å². The molecule has 0 radical (unpaired) electrons. The highest BCUT2D eigenvalue weighted by Crippen LogP contribution is 2.39. The van der Waals surface area contributed by atoms with E-state index in [0.29, 0.717) is 0 Å². The van der Waals surface area contributed by atoms with Gasteiger partial charge in [0.1, 0.15) is 5.03 Å². The minimum absolute atomic E-state index is 0.271. The van der Waals surface area contributed by atoms with Crippen molar-refractivity contribution in [1.82, 2.24) is 9.88 Å². The molecule has 2 aliphatic rings. The van der Waals surface area contributed by atoms with Crippen molar-refractivity contribution in [2.45, 2.75) is 24.5 Å². The highest BCUT2D eigenvalue weighted by Gasteiger charge is 2.25. The lowest BCUT2D eigenvalue weighted by molar-refractivity contribution is 0.174. The summed E-state index contributed by atoms with van der Waals surface area (Å²) < 4.78 is 11.1. The van der Waals surface area contributed by atoms with Crippen molar-refractivity contribution in [2.75, 3.05) is 13.3 Å². The molecule has 0 saturated carbocycles. The summed E-state index contributed by atoms with van der Waals surface area (Å²) in [5, 5.41) is 5.27. The highest BCUT2D eigenvalue weighted by molar-refractivity contribution is 8.13. The Labute approximate surface area is 194 Å². The van der Waals surface area contributed by atoms with E-state index in [0.717, 1.165) is 58.7 Å². The molecule has 0 bridgehead atoms. The quantitative estimate of drug-likeness (QED) is 0.381. The molecule has 0 saturated heterocycles. The summed E-state index contributed by atoms with van der Waals surface area (Å²) in [7, 11) is 0. The van der Waals surface area contributed by atoms with Crippen LogP contribution in [0.5, 0.6) is 11.5 Å². The Morgan fingerprint density at radius 3 is 2.72 bits per heavy atom. The first-order chi connectivity index (χ1) is 15.8. The zero-order chi connectivity index (χ0) is 21.3. The van der Waals surface area contributed by atoms with Crippen molar-refractivity contribution < 1.29 is 9.47 Å². The fraction of sp³-hybridized carbons (Fsp3) is 0.200. The second-order valence-corrected chi connectivity index (χ2v) is 9.78. The maximum atomic E-state index is 5.56. The second kappa shape index (κ2) is 8.48. The van der Waals surface area contributed by atoms with Gasteiger partial charge < -0.3 is 14.4 Å². The van der Waals surface area contributed by atoms with Gasteiger partial charge in [0.2, 0.25) is 6.79 Å². The molecule has 6 rings (SSSR count). The summed E-state index contributed by atoms with van der Waals surface area (Å²) in [4.78, 5) is 13.7. The predicted octanol–water partition coefficient (Wildman–Crippen LogP) is 5.73. The minimum Gasteiger partial charge on any atom is -0.454 e. The Bertz CT molecular complexity index is 1290. The number of rotatable bonds is 5. The number of benzene rings is 2. The van der Waals surface area contributed by atoms with E-state index in [9.17, 15) is 0 Å². The number of hydrogen-bond donors (Lipinski definition) is 0. The normalized spacial score (nSPS) is 16.0. The Hall–Kier alpha value is -3.03. The van der Waals surface area contributed by atoms with Crippen molar-refractivity contribution in [3.8, 4) is 11.5 Å². The number of thiophene rings is 1. The molecule has 2 aromatic carbocycles. The molecule has 0 unspecified atom stereocenters. The average Bonchev–Trinajstić information content (AvgIpc) is 3.49. The van der Waals surface area contributed by atoms with Gasteiger partial charge in [-0.2, -0.15) is 0 Å².